The molecule has 0 aliphatic rings. The number of H-pyrrole nitrogens is 1. The van der Waals surface area contributed by atoms with E-state index in [1.54, 1.807) is 13.8 Å². The van der Waals surface area contributed by atoms with E-state index in [9.17, 15) is 14.9 Å². The van der Waals surface area contributed by atoms with Gasteiger partial charge in [-0.15, -0.1) is 0 Å². The van der Waals surface area contributed by atoms with Gasteiger partial charge in [0.1, 0.15) is 0 Å². The molecule has 19 heavy (non-hydrogen) atoms. The fraction of sp³-hybridized carbons (Fsp3) is 0.167. The van der Waals surface area contributed by atoms with Crippen molar-refractivity contribution in [2.75, 3.05) is 5.32 Å². The van der Waals surface area contributed by atoms with Crippen molar-refractivity contribution in [1.29, 1.82) is 0 Å². The van der Waals surface area contributed by atoms with Gasteiger partial charge in [0.15, 0.2) is 0 Å². The SMILES string of the molecule is Cc1n[nH]c(C)c1NC(=O)c1ccc([N+](=O)[O-])cc1. The highest BCUT2D eigenvalue weighted by Crippen LogP contribution is 2.18. The molecule has 0 saturated carbocycles. The van der Waals surface area contributed by atoms with E-state index in [1.807, 2.05) is 0 Å². The number of nitro benzene ring substituents is 1. The highest BCUT2D eigenvalue weighted by atomic mass is 16.6. The highest BCUT2D eigenvalue weighted by Gasteiger charge is 2.13. The van der Waals surface area contributed by atoms with Crippen LogP contribution < -0.4 is 5.32 Å². The predicted molar refractivity (Wildman–Crippen MR) is 69.1 cm³/mol. The molecule has 0 aliphatic carbocycles. The first-order valence-corrected chi connectivity index (χ1v) is 5.56. The fourth-order valence-corrected chi connectivity index (χ4v) is 1.66. The second-order valence-electron chi connectivity index (χ2n) is 4.07. The third kappa shape index (κ3) is 2.59. The monoisotopic (exact) mass is 260 g/mol. The fourth-order valence-electron chi connectivity index (χ4n) is 1.66. The largest absolute Gasteiger partial charge is 0.319 e. The molecule has 0 aliphatic heterocycles. The summed E-state index contributed by atoms with van der Waals surface area (Å²) in [4.78, 5) is 22.0. The quantitative estimate of drug-likeness (QED) is 0.652. The van der Waals surface area contributed by atoms with Gasteiger partial charge in [0.25, 0.3) is 11.6 Å². The van der Waals surface area contributed by atoms with E-state index in [1.165, 1.54) is 24.3 Å². The topological polar surface area (TPSA) is 101 Å². The summed E-state index contributed by atoms with van der Waals surface area (Å²) >= 11 is 0. The van der Waals surface area contributed by atoms with Crippen LogP contribution in [0.2, 0.25) is 0 Å². The lowest BCUT2D eigenvalue weighted by Crippen LogP contribution is -2.12. The molecule has 2 N–H and O–H groups in total. The molecular formula is C12H12N4O3. The number of rotatable bonds is 3. The van der Waals surface area contributed by atoms with Crippen LogP contribution in [0.25, 0.3) is 0 Å². The minimum atomic E-state index is -0.508. The summed E-state index contributed by atoms with van der Waals surface area (Å²) < 4.78 is 0. The summed E-state index contributed by atoms with van der Waals surface area (Å²) in [5.74, 6) is -0.331. The smallest absolute Gasteiger partial charge is 0.269 e. The lowest BCUT2D eigenvalue weighted by molar-refractivity contribution is -0.384. The number of nitro groups is 1. The van der Waals surface area contributed by atoms with Gasteiger partial charge in [-0.25, -0.2) is 0 Å². The number of aromatic amines is 1. The van der Waals surface area contributed by atoms with Gasteiger partial charge in [-0.3, -0.25) is 20.0 Å². The average molecular weight is 260 g/mol. The molecule has 0 radical (unpaired) electrons. The molecular weight excluding hydrogens is 248 g/mol. The number of anilines is 1. The number of amides is 1. The summed E-state index contributed by atoms with van der Waals surface area (Å²) in [5.41, 5.74) is 2.38. The second-order valence-corrected chi connectivity index (χ2v) is 4.07. The molecule has 0 atom stereocenters. The number of hydrogen-bond donors (Lipinski definition) is 2. The number of hydrogen-bond acceptors (Lipinski definition) is 4. The third-order valence-electron chi connectivity index (χ3n) is 2.71. The Bertz CT molecular complexity index is 611. The number of carbonyl (C=O) groups is 1. The van der Waals surface area contributed by atoms with Crippen molar-refractivity contribution in [3.8, 4) is 0 Å². The molecule has 1 amide bonds. The Morgan fingerprint density at radius 3 is 2.42 bits per heavy atom. The van der Waals surface area contributed by atoms with Gasteiger partial charge in [-0.05, 0) is 26.0 Å². The molecule has 98 valence electrons. The van der Waals surface area contributed by atoms with Crippen LogP contribution in [0, 0.1) is 24.0 Å². The molecule has 1 aromatic heterocycles. The Balaban J connectivity index is 2.18. The zero-order valence-electron chi connectivity index (χ0n) is 10.4. The maximum atomic E-state index is 12.0. The van der Waals surface area contributed by atoms with Crippen molar-refractivity contribution in [3.05, 3.63) is 51.3 Å². The molecule has 0 bridgehead atoms. The number of benzene rings is 1. The molecule has 1 aromatic carbocycles. The second kappa shape index (κ2) is 4.89. The Morgan fingerprint density at radius 1 is 1.32 bits per heavy atom. The lowest BCUT2D eigenvalue weighted by atomic mass is 10.2. The molecule has 0 fully saturated rings. The van der Waals surface area contributed by atoms with Gasteiger partial charge in [-0.1, -0.05) is 0 Å². The van der Waals surface area contributed by atoms with Crippen molar-refractivity contribution in [2.45, 2.75) is 13.8 Å². The number of non-ortho nitro benzene ring substituents is 1. The van der Waals surface area contributed by atoms with Crippen molar-refractivity contribution < 1.29 is 9.72 Å². The number of carbonyl (C=O) groups excluding carboxylic acids is 1. The van der Waals surface area contributed by atoms with E-state index < -0.39 is 4.92 Å². The van der Waals surface area contributed by atoms with E-state index in [0.717, 1.165) is 5.69 Å². The van der Waals surface area contributed by atoms with Crippen LogP contribution in [0.1, 0.15) is 21.7 Å². The Hall–Kier alpha value is -2.70. The Kier molecular flexibility index (Phi) is 3.28. The normalized spacial score (nSPS) is 10.2. The van der Waals surface area contributed by atoms with Crippen molar-refractivity contribution in [1.82, 2.24) is 10.2 Å². The van der Waals surface area contributed by atoms with Gasteiger partial charge >= 0.3 is 0 Å². The van der Waals surface area contributed by atoms with Gasteiger partial charge in [0, 0.05) is 17.7 Å². The third-order valence-corrected chi connectivity index (χ3v) is 2.71. The van der Waals surface area contributed by atoms with Crippen LogP contribution in [-0.2, 0) is 0 Å². The zero-order chi connectivity index (χ0) is 14.0. The Labute approximate surface area is 108 Å². The molecule has 0 saturated heterocycles. The first-order chi connectivity index (χ1) is 8.99. The van der Waals surface area contributed by atoms with Gasteiger partial charge in [-0.2, -0.15) is 5.10 Å². The van der Waals surface area contributed by atoms with Gasteiger partial charge < -0.3 is 5.32 Å². The van der Waals surface area contributed by atoms with Crippen LogP contribution in [0.3, 0.4) is 0 Å². The molecule has 2 aromatic rings. The summed E-state index contributed by atoms with van der Waals surface area (Å²) in [6.07, 6.45) is 0. The number of nitrogens with one attached hydrogen (secondary N) is 2. The lowest BCUT2D eigenvalue weighted by Gasteiger charge is -2.04. The molecule has 7 heteroatoms. The van der Waals surface area contributed by atoms with Crippen LogP contribution in [0.5, 0.6) is 0 Å². The molecule has 7 nitrogen and oxygen atoms in total. The van der Waals surface area contributed by atoms with Crippen LogP contribution in [-0.4, -0.2) is 21.0 Å². The highest BCUT2D eigenvalue weighted by molar-refractivity contribution is 6.04. The predicted octanol–water partition coefficient (Wildman–Crippen LogP) is 2.19. The zero-order valence-corrected chi connectivity index (χ0v) is 10.4. The van der Waals surface area contributed by atoms with E-state index in [2.05, 4.69) is 15.5 Å². The summed E-state index contributed by atoms with van der Waals surface area (Å²) in [7, 11) is 0. The van der Waals surface area contributed by atoms with E-state index in [4.69, 9.17) is 0 Å². The number of aromatic nitrogens is 2. The van der Waals surface area contributed by atoms with Crippen LogP contribution >= 0.6 is 0 Å². The van der Waals surface area contributed by atoms with Crippen molar-refractivity contribution in [2.24, 2.45) is 0 Å². The van der Waals surface area contributed by atoms with E-state index in [-0.39, 0.29) is 11.6 Å². The summed E-state index contributed by atoms with van der Waals surface area (Å²) in [6.45, 7) is 3.57. The molecule has 0 spiro atoms. The molecule has 0 unspecified atom stereocenters. The molecule has 1 heterocycles. The van der Waals surface area contributed by atoms with Gasteiger partial charge in [0.05, 0.1) is 22.0 Å². The number of aryl methyl sites for hydroxylation is 2. The van der Waals surface area contributed by atoms with E-state index in [0.29, 0.717) is 16.9 Å². The first kappa shape index (κ1) is 12.7. The van der Waals surface area contributed by atoms with Crippen LogP contribution in [0.4, 0.5) is 11.4 Å². The summed E-state index contributed by atoms with van der Waals surface area (Å²) in [6, 6.07) is 5.42. The average Bonchev–Trinajstić information content (AvgIpc) is 2.70. The van der Waals surface area contributed by atoms with Gasteiger partial charge in [0.2, 0.25) is 0 Å². The maximum Gasteiger partial charge on any atom is 0.269 e. The summed E-state index contributed by atoms with van der Waals surface area (Å²) in [5, 5.41) is 20.0. The number of nitrogens with zero attached hydrogens (tertiary/aromatic N) is 2. The minimum absolute atomic E-state index is 0.0489. The van der Waals surface area contributed by atoms with Crippen LogP contribution in [0.15, 0.2) is 24.3 Å². The van der Waals surface area contributed by atoms with Crippen molar-refractivity contribution >= 4 is 17.3 Å². The van der Waals surface area contributed by atoms with Crippen molar-refractivity contribution in [3.63, 3.8) is 0 Å². The minimum Gasteiger partial charge on any atom is -0.319 e. The molecule has 2 rings (SSSR count). The standard InChI is InChI=1S/C12H12N4O3/c1-7-11(8(2)15-14-7)13-12(17)9-3-5-10(6-4-9)16(18)19/h3-6H,1-2H3,(H,13,17)(H,14,15). The maximum absolute atomic E-state index is 12.0. The Morgan fingerprint density at radius 2 is 1.95 bits per heavy atom. The first-order valence-electron chi connectivity index (χ1n) is 5.56. The van der Waals surface area contributed by atoms with E-state index >= 15 is 0 Å².